The van der Waals surface area contributed by atoms with Gasteiger partial charge < -0.3 is 19.5 Å². The first-order chi connectivity index (χ1) is 13.3. The van der Waals surface area contributed by atoms with Crippen molar-refractivity contribution in [2.24, 2.45) is 0 Å². The number of aromatic amines is 1. The molecule has 1 unspecified atom stereocenters. The number of pyridine rings is 1. The summed E-state index contributed by atoms with van der Waals surface area (Å²) in [6, 6.07) is 7.39. The molecular formula is C19H18N4O4. The lowest BCUT2D eigenvalue weighted by molar-refractivity contribution is 0.120. The van der Waals surface area contributed by atoms with Gasteiger partial charge in [-0.05, 0) is 42.2 Å². The Hall–Kier alpha value is -3.13. The van der Waals surface area contributed by atoms with E-state index < -0.39 is 0 Å². The first kappa shape index (κ1) is 16.1. The van der Waals surface area contributed by atoms with E-state index in [9.17, 15) is 4.79 Å². The number of aromatic nitrogens is 3. The van der Waals surface area contributed by atoms with Crippen LogP contribution in [0.2, 0.25) is 0 Å². The second kappa shape index (κ2) is 6.55. The number of nitrogens with one attached hydrogen (secondary N) is 2. The SMILES string of the molecule is O=c1[nH]c(NCC2CCCO2)nc2nccc(-c3ccc4c(c3)OCO4)c12. The highest BCUT2D eigenvalue weighted by Gasteiger charge is 2.18. The standard InChI is InChI=1S/C19H18N4O4/c24-18-16-13(11-3-4-14-15(8-11)27-10-26-14)5-6-20-17(16)22-19(23-18)21-9-12-2-1-7-25-12/h3-6,8,12H,1-2,7,9-10H2,(H2,20,21,22,23,24). The summed E-state index contributed by atoms with van der Waals surface area (Å²) in [6.07, 6.45) is 3.88. The Labute approximate surface area is 154 Å². The summed E-state index contributed by atoms with van der Waals surface area (Å²) in [6.45, 7) is 1.60. The maximum absolute atomic E-state index is 12.8. The van der Waals surface area contributed by atoms with E-state index in [-0.39, 0.29) is 18.5 Å². The predicted octanol–water partition coefficient (Wildman–Crippen LogP) is 2.30. The van der Waals surface area contributed by atoms with Crippen molar-refractivity contribution in [2.45, 2.75) is 18.9 Å². The lowest BCUT2D eigenvalue weighted by Gasteiger charge is -2.12. The Morgan fingerprint density at radius 1 is 1.22 bits per heavy atom. The van der Waals surface area contributed by atoms with Gasteiger partial charge in [0.2, 0.25) is 12.7 Å². The molecular weight excluding hydrogens is 348 g/mol. The van der Waals surface area contributed by atoms with E-state index >= 15 is 0 Å². The zero-order valence-electron chi connectivity index (χ0n) is 14.5. The molecule has 8 heteroatoms. The van der Waals surface area contributed by atoms with Crippen molar-refractivity contribution in [1.82, 2.24) is 15.0 Å². The molecule has 0 radical (unpaired) electrons. The average Bonchev–Trinajstić information content (AvgIpc) is 3.37. The molecule has 0 spiro atoms. The van der Waals surface area contributed by atoms with Crippen LogP contribution in [0.3, 0.4) is 0 Å². The van der Waals surface area contributed by atoms with Gasteiger partial charge in [-0.25, -0.2) is 4.98 Å². The van der Waals surface area contributed by atoms with Crippen molar-refractivity contribution < 1.29 is 14.2 Å². The van der Waals surface area contributed by atoms with Gasteiger partial charge in [0.05, 0.1) is 11.5 Å². The highest BCUT2D eigenvalue weighted by molar-refractivity contribution is 5.92. The van der Waals surface area contributed by atoms with E-state index in [1.807, 2.05) is 18.2 Å². The molecule has 0 bridgehead atoms. The Morgan fingerprint density at radius 3 is 3.04 bits per heavy atom. The van der Waals surface area contributed by atoms with E-state index in [0.717, 1.165) is 30.6 Å². The maximum Gasteiger partial charge on any atom is 0.262 e. The summed E-state index contributed by atoms with van der Waals surface area (Å²) in [5.74, 6) is 1.76. The molecule has 27 heavy (non-hydrogen) atoms. The molecule has 0 aliphatic carbocycles. The minimum Gasteiger partial charge on any atom is -0.454 e. The molecule has 2 aliphatic heterocycles. The molecule has 4 heterocycles. The minimum absolute atomic E-state index is 0.152. The van der Waals surface area contributed by atoms with Crippen LogP contribution in [0.5, 0.6) is 11.5 Å². The van der Waals surface area contributed by atoms with Crippen LogP contribution in [0.15, 0.2) is 35.3 Å². The number of nitrogens with zero attached hydrogens (tertiary/aromatic N) is 2. The molecule has 1 saturated heterocycles. The van der Waals surface area contributed by atoms with Crippen LogP contribution in [0, 0.1) is 0 Å². The summed E-state index contributed by atoms with van der Waals surface area (Å²) in [5.41, 5.74) is 1.75. The number of ether oxygens (including phenoxy) is 3. The van der Waals surface area contributed by atoms with Crippen LogP contribution in [0.1, 0.15) is 12.8 Å². The second-order valence-electron chi connectivity index (χ2n) is 6.56. The molecule has 2 aromatic heterocycles. The van der Waals surface area contributed by atoms with Crippen molar-refractivity contribution >= 4 is 17.0 Å². The van der Waals surface area contributed by atoms with Crippen molar-refractivity contribution in [2.75, 3.05) is 25.3 Å². The van der Waals surface area contributed by atoms with Gasteiger partial charge in [0.1, 0.15) is 0 Å². The summed E-state index contributed by atoms with van der Waals surface area (Å²) in [5, 5.41) is 3.59. The number of benzene rings is 1. The topological polar surface area (TPSA) is 98.4 Å². The number of hydrogen-bond acceptors (Lipinski definition) is 7. The number of anilines is 1. The van der Waals surface area contributed by atoms with Gasteiger partial charge in [-0.2, -0.15) is 4.98 Å². The Balaban J connectivity index is 1.51. The third-order valence-corrected chi connectivity index (χ3v) is 4.81. The van der Waals surface area contributed by atoms with Crippen molar-refractivity contribution in [1.29, 1.82) is 0 Å². The van der Waals surface area contributed by atoms with Crippen LogP contribution < -0.4 is 20.3 Å². The lowest BCUT2D eigenvalue weighted by atomic mass is 10.0. The summed E-state index contributed by atoms with van der Waals surface area (Å²) in [7, 11) is 0. The normalized spacial score (nSPS) is 18.1. The Morgan fingerprint density at radius 2 is 2.15 bits per heavy atom. The molecule has 5 rings (SSSR count). The summed E-state index contributed by atoms with van der Waals surface area (Å²) >= 11 is 0. The molecule has 138 valence electrons. The highest BCUT2D eigenvalue weighted by Crippen LogP contribution is 2.36. The van der Waals surface area contributed by atoms with Gasteiger partial charge in [-0.1, -0.05) is 6.07 Å². The molecule has 0 amide bonds. The fraction of sp³-hybridized carbons (Fsp3) is 0.316. The Kier molecular flexibility index (Phi) is 3.90. The monoisotopic (exact) mass is 366 g/mol. The zero-order chi connectivity index (χ0) is 18.2. The van der Waals surface area contributed by atoms with Gasteiger partial charge >= 0.3 is 0 Å². The smallest absolute Gasteiger partial charge is 0.262 e. The van der Waals surface area contributed by atoms with Gasteiger partial charge in [-0.3, -0.25) is 9.78 Å². The zero-order valence-corrected chi connectivity index (χ0v) is 14.5. The molecule has 1 atom stereocenters. The highest BCUT2D eigenvalue weighted by atomic mass is 16.7. The van der Waals surface area contributed by atoms with Crippen molar-refractivity contribution in [3.05, 3.63) is 40.8 Å². The van der Waals surface area contributed by atoms with Crippen LogP contribution >= 0.6 is 0 Å². The van der Waals surface area contributed by atoms with E-state index in [1.165, 1.54) is 0 Å². The number of H-pyrrole nitrogens is 1. The van der Waals surface area contributed by atoms with Gasteiger partial charge in [-0.15, -0.1) is 0 Å². The van der Waals surface area contributed by atoms with Crippen LogP contribution in [0.4, 0.5) is 5.95 Å². The first-order valence-electron chi connectivity index (χ1n) is 8.92. The quantitative estimate of drug-likeness (QED) is 0.731. The molecule has 8 nitrogen and oxygen atoms in total. The van der Waals surface area contributed by atoms with Crippen LogP contribution in [-0.2, 0) is 4.74 Å². The van der Waals surface area contributed by atoms with Crippen LogP contribution in [-0.4, -0.2) is 41.0 Å². The molecule has 0 saturated carbocycles. The summed E-state index contributed by atoms with van der Waals surface area (Å²) in [4.78, 5) is 24.3. The number of fused-ring (bicyclic) bond motifs is 2. The minimum atomic E-state index is -0.240. The van der Waals surface area contributed by atoms with Gasteiger partial charge in [0.15, 0.2) is 17.1 Å². The maximum atomic E-state index is 12.8. The fourth-order valence-corrected chi connectivity index (χ4v) is 3.47. The molecule has 1 fully saturated rings. The first-order valence-corrected chi connectivity index (χ1v) is 8.92. The number of hydrogen-bond donors (Lipinski definition) is 2. The molecule has 1 aromatic carbocycles. The Bertz CT molecular complexity index is 1060. The number of rotatable bonds is 4. The van der Waals surface area contributed by atoms with Crippen molar-refractivity contribution in [3.63, 3.8) is 0 Å². The largest absolute Gasteiger partial charge is 0.454 e. The van der Waals surface area contributed by atoms with E-state index in [1.54, 1.807) is 12.3 Å². The average molecular weight is 366 g/mol. The van der Waals surface area contributed by atoms with E-state index in [4.69, 9.17) is 14.2 Å². The summed E-state index contributed by atoms with van der Waals surface area (Å²) < 4.78 is 16.4. The fourth-order valence-electron chi connectivity index (χ4n) is 3.47. The van der Waals surface area contributed by atoms with Gasteiger partial charge in [0, 0.05) is 19.3 Å². The van der Waals surface area contributed by atoms with E-state index in [2.05, 4.69) is 20.3 Å². The van der Waals surface area contributed by atoms with Crippen molar-refractivity contribution in [3.8, 4) is 22.6 Å². The third kappa shape index (κ3) is 2.97. The lowest BCUT2D eigenvalue weighted by Crippen LogP contribution is -2.22. The van der Waals surface area contributed by atoms with E-state index in [0.29, 0.717) is 35.0 Å². The molecule has 3 aromatic rings. The third-order valence-electron chi connectivity index (χ3n) is 4.81. The van der Waals surface area contributed by atoms with Crippen LogP contribution in [0.25, 0.3) is 22.2 Å². The predicted molar refractivity (Wildman–Crippen MR) is 99.2 cm³/mol. The van der Waals surface area contributed by atoms with Gasteiger partial charge in [0.25, 0.3) is 5.56 Å². The molecule has 2 N–H and O–H groups in total. The molecule has 2 aliphatic rings. The second-order valence-corrected chi connectivity index (χ2v) is 6.56.